The Morgan fingerprint density at radius 1 is 1.16 bits per heavy atom. The van der Waals surface area contributed by atoms with Gasteiger partial charge in [0.05, 0.1) is 15.6 Å². The molecule has 0 atom stereocenters. The monoisotopic (exact) mass is 298 g/mol. The number of hydrogen-bond donors (Lipinski definition) is 1. The average molecular weight is 299 g/mol. The first-order valence-corrected chi connectivity index (χ1v) is 6.14. The molecule has 2 aromatic carbocycles. The Hall–Kier alpha value is -1.58. The summed E-state index contributed by atoms with van der Waals surface area (Å²) >= 11 is 11.7. The first-order chi connectivity index (χ1) is 8.90. The van der Waals surface area contributed by atoms with E-state index in [0.717, 1.165) is 6.07 Å². The van der Waals surface area contributed by atoms with E-state index in [1.54, 1.807) is 25.1 Å². The summed E-state index contributed by atoms with van der Waals surface area (Å²) in [4.78, 5) is 11.2. The third kappa shape index (κ3) is 2.72. The van der Waals surface area contributed by atoms with Crippen LogP contribution in [0.2, 0.25) is 10.0 Å². The molecule has 19 heavy (non-hydrogen) atoms. The van der Waals surface area contributed by atoms with Gasteiger partial charge in [0.15, 0.2) is 0 Å². The number of hydrogen-bond acceptors (Lipinski definition) is 1. The van der Waals surface area contributed by atoms with E-state index < -0.39 is 11.8 Å². The minimum atomic E-state index is -1.19. The standard InChI is InChI=1S/C14H9Cl2FO2/c1-7-4-9(10(14(18)19)6-13(7)17)8-2-3-11(15)12(16)5-8/h2-6H,1H3,(H,18,19). The van der Waals surface area contributed by atoms with Gasteiger partial charge in [0, 0.05) is 0 Å². The molecule has 0 aliphatic carbocycles. The lowest BCUT2D eigenvalue weighted by atomic mass is 9.97. The highest BCUT2D eigenvalue weighted by Crippen LogP contribution is 2.31. The second kappa shape index (κ2) is 5.19. The molecule has 0 bridgehead atoms. The highest BCUT2D eigenvalue weighted by Gasteiger charge is 2.15. The van der Waals surface area contributed by atoms with Gasteiger partial charge in [-0.3, -0.25) is 0 Å². The second-order valence-corrected chi connectivity index (χ2v) is 4.90. The minimum Gasteiger partial charge on any atom is -0.478 e. The molecule has 0 unspecified atom stereocenters. The van der Waals surface area contributed by atoms with Crippen LogP contribution in [0.4, 0.5) is 4.39 Å². The Morgan fingerprint density at radius 3 is 2.42 bits per heavy atom. The SMILES string of the molecule is Cc1cc(-c2ccc(Cl)c(Cl)c2)c(C(=O)O)cc1F. The summed E-state index contributed by atoms with van der Waals surface area (Å²) in [6.07, 6.45) is 0. The minimum absolute atomic E-state index is 0.110. The lowest BCUT2D eigenvalue weighted by Crippen LogP contribution is -2.02. The van der Waals surface area contributed by atoms with Crippen molar-refractivity contribution in [2.45, 2.75) is 6.92 Å². The summed E-state index contributed by atoms with van der Waals surface area (Å²) in [6.45, 7) is 1.57. The van der Waals surface area contributed by atoms with E-state index >= 15 is 0 Å². The van der Waals surface area contributed by atoms with Gasteiger partial charge in [0.25, 0.3) is 0 Å². The Labute approximate surface area is 119 Å². The van der Waals surface area contributed by atoms with Crippen molar-refractivity contribution in [1.82, 2.24) is 0 Å². The molecular weight excluding hydrogens is 290 g/mol. The van der Waals surface area contributed by atoms with Crippen molar-refractivity contribution < 1.29 is 14.3 Å². The summed E-state index contributed by atoms with van der Waals surface area (Å²) in [5, 5.41) is 9.83. The molecule has 2 rings (SSSR count). The van der Waals surface area contributed by atoms with Crippen molar-refractivity contribution >= 4 is 29.2 Å². The van der Waals surface area contributed by atoms with Gasteiger partial charge in [-0.15, -0.1) is 0 Å². The topological polar surface area (TPSA) is 37.3 Å². The van der Waals surface area contributed by atoms with Crippen LogP contribution in [-0.4, -0.2) is 11.1 Å². The van der Waals surface area contributed by atoms with Crippen molar-refractivity contribution in [2.75, 3.05) is 0 Å². The number of carbonyl (C=O) groups is 1. The first kappa shape index (κ1) is 13.8. The summed E-state index contributed by atoms with van der Waals surface area (Å²) in [5.41, 5.74) is 1.24. The lowest BCUT2D eigenvalue weighted by molar-refractivity contribution is 0.0697. The van der Waals surface area contributed by atoms with Crippen LogP contribution in [0.3, 0.4) is 0 Å². The Kier molecular flexibility index (Phi) is 3.78. The fraction of sp³-hybridized carbons (Fsp3) is 0.0714. The van der Waals surface area contributed by atoms with Crippen molar-refractivity contribution in [3.05, 3.63) is 57.3 Å². The fourth-order valence-electron chi connectivity index (χ4n) is 1.76. The summed E-state index contributed by atoms with van der Waals surface area (Å²) in [7, 11) is 0. The van der Waals surface area contributed by atoms with Crippen molar-refractivity contribution in [3.63, 3.8) is 0 Å². The number of benzene rings is 2. The van der Waals surface area contributed by atoms with Gasteiger partial charge in [-0.2, -0.15) is 0 Å². The van der Waals surface area contributed by atoms with Gasteiger partial charge in [-0.1, -0.05) is 29.3 Å². The molecule has 0 heterocycles. The molecular formula is C14H9Cl2FO2. The zero-order valence-electron chi connectivity index (χ0n) is 9.88. The van der Waals surface area contributed by atoms with E-state index in [-0.39, 0.29) is 5.56 Å². The number of rotatable bonds is 2. The number of aromatic carboxylic acids is 1. The third-order valence-corrected chi connectivity index (χ3v) is 3.50. The number of carboxylic acids is 1. The average Bonchev–Trinajstić information content (AvgIpc) is 2.35. The van der Waals surface area contributed by atoms with Crippen molar-refractivity contribution in [2.24, 2.45) is 0 Å². The molecule has 0 spiro atoms. The highest BCUT2D eigenvalue weighted by atomic mass is 35.5. The van der Waals surface area contributed by atoms with Crippen LogP contribution in [-0.2, 0) is 0 Å². The molecule has 2 nitrogen and oxygen atoms in total. The molecule has 0 aliphatic heterocycles. The van der Waals surface area contributed by atoms with E-state index in [2.05, 4.69) is 0 Å². The zero-order valence-corrected chi connectivity index (χ0v) is 11.4. The molecule has 2 aromatic rings. The van der Waals surface area contributed by atoms with Gasteiger partial charge in [0.2, 0.25) is 0 Å². The van der Waals surface area contributed by atoms with E-state index in [1.807, 2.05) is 0 Å². The third-order valence-electron chi connectivity index (χ3n) is 2.76. The molecule has 0 amide bonds. The van der Waals surface area contributed by atoms with Crippen LogP contribution in [0.15, 0.2) is 30.3 Å². The molecule has 98 valence electrons. The predicted octanol–water partition coefficient (Wildman–Crippen LogP) is 4.81. The summed E-state index contributed by atoms with van der Waals surface area (Å²) in [5.74, 6) is -1.75. The molecule has 0 fully saturated rings. The molecule has 0 aromatic heterocycles. The fourth-order valence-corrected chi connectivity index (χ4v) is 2.06. The Balaban J connectivity index is 2.69. The van der Waals surface area contributed by atoms with Gasteiger partial charge < -0.3 is 5.11 Å². The highest BCUT2D eigenvalue weighted by molar-refractivity contribution is 6.42. The van der Waals surface area contributed by atoms with E-state index in [1.165, 1.54) is 6.07 Å². The maximum absolute atomic E-state index is 13.5. The van der Waals surface area contributed by atoms with Crippen LogP contribution in [0.5, 0.6) is 0 Å². The summed E-state index contributed by atoms with van der Waals surface area (Å²) in [6, 6.07) is 7.27. The Bertz CT molecular complexity index is 669. The van der Waals surface area contributed by atoms with Gasteiger partial charge in [0.1, 0.15) is 5.82 Å². The molecule has 0 aliphatic rings. The predicted molar refractivity (Wildman–Crippen MR) is 73.6 cm³/mol. The number of halogens is 3. The largest absolute Gasteiger partial charge is 0.478 e. The van der Waals surface area contributed by atoms with Crippen molar-refractivity contribution in [3.8, 4) is 11.1 Å². The van der Waals surface area contributed by atoms with Gasteiger partial charge in [-0.25, -0.2) is 9.18 Å². The van der Waals surface area contributed by atoms with E-state index in [9.17, 15) is 9.18 Å². The molecule has 5 heteroatoms. The summed E-state index contributed by atoms with van der Waals surface area (Å²) < 4.78 is 13.5. The normalized spacial score (nSPS) is 10.5. The van der Waals surface area contributed by atoms with Crippen molar-refractivity contribution in [1.29, 1.82) is 0 Å². The maximum atomic E-state index is 13.5. The van der Waals surface area contributed by atoms with Crippen LogP contribution in [0, 0.1) is 12.7 Å². The number of carboxylic acid groups (broad SMARTS) is 1. The van der Waals surface area contributed by atoms with Crippen LogP contribution in [0.25, 0.3) is 11.1 Å². The first-order valence-electron chi connectivity index (χ1n) is 5.39. The van der Waals surface area contributed by atoms with E-state index in [4.69, 9.17) is 28.3 Å². The van der Waals surface area contributed by atoms with E-state index in [0.29, 0.717) is 26.7 Å². The lowest BCUT2D eigenvalue weighted by Gasteiger charge is -2.09. The molecule has 0 saturated heterocycles. The van der Waals surface area contributed by atoms with Gasteiger partial charge in [-0.05, 0) is 47.9 Å². The Morgan fingerprint density at radius 2 is 1.84 bits per heavy atom. The zero-order chi connectivity index (χ0) is 14.2. The quantitative estimate of drug-likeness (QED) is 0.864. The number of aryl methyl sites for hydroxylation is 1. The maximum Gasteiger partial charge on any atom is 0.336 e. The molecule has 0 radical (unpaired) electrons. The van der Waals surface area contributed by atoms with Crippen LogP contribution in [0.1, 0.15) is 15.9 Å². The smallest absolute Gasteiger partial charge is 0.336 e. The molecule has 1 N–H and O–H groups in total. The van der Waals surface area contributed by atoms with Crippen LogP contribution >= 0.6 is 23.2 Å². The van der Waals surface area contributed by atoms with Gasteiger partial charge >= 0.3 is 5.97 Å². The second-order valence-electron chi connectivity index (χ2n) is 4.08. The molecule has 0 saturated carbocycles. The van der Waals surface area contributed by atoms with Crippen LogP contribution < -0.4 is 0 Å².